The van der Waals surface area contributed by atoms with E-state index in [1.165, 1.54) is 217 Å². The van der Waals surface area contributed by atoms with Crippen LogP contribution in [0.1, 0.15) is 227 Å². The van der Waals surface area contributed by atoms with Gasteiger partial charge >= 0.3 is 261 Å². The molecule has 0 unspecified atom stereocenters. The van der Waals surface area contributed by atoms with Crippen molar-refractivity contribution in [1.82, 2.24) is 0 Å². The van der Waals surface area contributed by atoms with Gasteiger partial charge < -0.3 is 0 Å². The van der Waals surface area contributed by atoms with E-state index in [4.69, 9.17) is 4.52 Å². The fraction of sp³-hybridized carbons (Fsp3) is 0.975. The molecule has 0 bridgehead atoms. The SMILES string of the molecule is CCCCCCCCCCCCCCP(CCCCCCCC)(CCCCCCCC)(CCCCCCCC)OC(C)=O. The molecule has 0 fully saturated rings. The zero-order valence-electron chi connectivity index (χ0n) is 30.8. The number of unbranched alkanes of at least 4 members (excludes halogenated alkanes) is 26. The first-order chi connectivity index (χ1) is 21.0. The topological polar surface area (TPSA) is 26.3 Å². The third-order valence-electron chi connectivity index (χ3n) is 10.2. The minimum absolute atomic E-state index is 0.0274. The van der Waals surface area contributed by atoms with Crippen molar-refractivity contribution >= 4 is 12.8 Å². The Morgan fingerprint density at radius 2 is 0.535 bits per heavy atom. The zero-order valence-corrected chi connectivity index (χ0v) is 31.7. The number of hydrogen-bond donors (Lipinski definition) is 0. The van der Waals surface area contributed by atoms with Crippen molar-refractivity contribution < 1.29 is 9.32 Å². The molecular formula is C40H83O2P. The summed E-state index contributed by atoms with van der Waals surface area (Å²) in [5.74, 6) is 0.0274. The van der Waals surface area contributed by atoms with Gasteiger partial charge in [-0.2, -0.15) is 0 Å². The molecule has 0 aromatic carbocycles. The third kappa shape index (κ3) is 24.8. The van der Waals surface area contributed by atoms with Crippen molar-refractivity contribution in [2.75, 3.05) is 24.6 Å². The average molecular weight is 627 g/mol. The van der Waals surface area contributed by atoms with Crippen molar-refractivity contribution in [1.29, 1.82) is 0 Å². The van der Waals surface area contributed by atoms with E-state index in [-0.39, 0.29) is 5.97 Å². The Kier molecular flexibility index (Phi) is 30.5. The Bertz CT molecular complexity index is 545. The summed E-state index contributed by atoms with van der Waals surface area (Å²) in [5.41, 5.74) is 0. The molecule has 43 heavy (non-hydrogen) atoms. The van der Waals surface area contributed by atoms with Crippen LogP contribution >= 0.6 is 6.83 Å². The van der Waals surface area contributed by atoms with E-state index in [1.807, 2.05) is 0 Å². The van der Waals surface area contributed by atoms with Gasteiger partial charge in [-0.3, -0.25) is 0 Å². The van der Waals surface area contributed by atoms with Gasteiger partial charge in [-0.15, -0.1) is 0 Å². The maximum atomic E-state index is 12.9. The molecule has 0 amide bonds. The number of carbonyl (C=O) groups is 1. The zero-order chi connectivity index (χ0) is 31.8. The first-order valence-electron chi connectivity index (χ1n) is 20.2. The first-order valence-corrected chi connectivity index (χ1v) is 23.1. The summed E-state index contributed by atoms with van der Waals surface area (Å²) in [6.07, 6.45) is 45.6. The molecule has 260 valence electrons. The molecule has 0 N–H and O–H groups in total. The Balaban J connectivity index is 5.34. The van der Waals surface area contributed by atoms with Crippen LogP contribution in [0.2, 0.25) is 0 Å². The van der Waals surface area contributed by atoms with E-state index >= 15 is 0 Å². The van der Waals surface area contributed by atoms with Gasteiger partial charge in [0, 0.05) is 0 Å². The maximum absolute atomic E-state index is 12.9. The molecule has 0 saturated carbocycles. The van der Waals surface area contributed by atoms with Crippen LogP contribution in [0.25, 0.3) is 0 Å². The Labute approximate surface area is 273 Å². The molecule has 0 aromatic rings. The van der Waals surface area contributed by atoms with Crippen LogP contribution in [0, 0.1) is 0 Å². The Morgan fingerprint density at radius 1 is 0.349 bits per heavy atom. The molecule has 0 aliphatic rings. The Hall–Kier alpha value is -0.100. The molecule has 0 radical (unpaired) electrons. The quantitative estimate of drug-likeness (QED) is 0.0517. The van der Waals surface area contributed by atoms with E-state index in [0.29, 0.717) is 0 Å². The molecule has 0 aliphatic carbocycles. The first kappa shape index (κ1) is 42.9. The van der Waals surface area contributed by atoms with Gasteiger partial charge in [-0.1, -0.05) is 13.3 Å². The summed E-state index contributed by atoms with van der Waals surface area (Å²) in [6.45, 7) is 8.39. The van der Waals surface area contributed by atoms with E-state index in [1.54, 1.807) is 6.92 Å². The molecule has 0 spiro atoms. The third-order valence-corrected chi connectivity index (χ3v) is 16.8. The summed E-state index contributed by atoms with van der Waals surface area (Å²) < 4.78 is 6.90. The van der Waals surface area contributed by atoms with E-state index in [2.05, 4.69) is 27.7 Å². The van der Waals surface area contributed by atoms with E-state index < -0.39 is 6.83 Å². The van der Waals surface area contributed by atoms with Crippen LogP contribution < -0.4 is 0 Å². The summed E-state index contributed by atoms with van der Waals surface area (Å²) >= 11 is 0. The molecule has 0 rings (SSSR count). The van der Waals surface area contributed by atoms with Crippen LogP contribution in [0.3, 0.4) is 0 Å². The molecule has 0 atom stereocenters. The molecule has 0 aliphatic heterocycles. The summed E-state index contributed by atoms with van der Waals surface area (Å²) in [6, 6.07) is 0. The van der Waals surface area contributed by atoms with Gasteiger partial charge in [-0.25, -0.2) is 0 Å². The molecule has 0 heterocycles. The van der Waals surface area contributed by atoms with Crippen molar-refractivity contribution in [2.24, 2.45) is 0 Å². The molecule has 2 nitrogen and oxygen atoms in total. The predicted octanol–water partition coefficient (Wildman–Crippen LogP) is 14.8. The van der Waals surface area contributed by atoms with Crippen molar-refractivity contribution in [3.05, 3.63) is 0 Å². The molecular weight excluding hydrogens is 543 g/mol. The Morgan fingerprint density at radius 3 is 0.721 bits per heavy atom. The van der Waals surface area contributed by atoms with Gasteiger partial charge in [0.25, 0.3) is 0 Å². The predicted molar refractivity (Wildman–Crippen MR) is 199 cm³/mol. The average Bonchev–Trinajstić information content (AvgIpc) is 2.99. The standard InChI is InChI=1S/C40H83O2P/c1-6-10-14-18-22-23-24-25-26-27-31-35-39-43(42-40(5)41,36-32-28-19-15-11-7-2,37-33-29-20-16-12-8-3)38-34-30-21-17-13-9-4/h6-39H2,1-5H3. The van der Waals surface area contributed by atoms with Crippen molar-refractivity contribution in [3.8, 4) is 0 Å². The van der Waals surface area contributed by atoms with Gasteiger partial charge in [0.15, 0.2) is 0 Å². The molecule has 0 saturated heterocycles. The molecule has 0 aromatic heterocycles. The second kappa shape index (κ2) is 30.5. The van der Waals surface area contributed by atoms with Crippen LogP contribution in [0.4, 0.5) is 0 Å². The molecule has 3 heteroatoms. The van der Waals surface area contributed by atoms with Crippen LogP contribution in [-0.2, 0) is 9.32 Å². The van der Waals surface area contributed by atoms with Crippen LogP contribution in [0.5, 0.6) is 0 Å². The number of carbonyl (C=O) groups excluding carboxylic acids is 1. The number of rotatable bonds is 35. The number of hydrogen-bond acceptors (Lipinski definition) is 2. The monoisotopic (exact) mass is 627 g/mol. The minimum atomic E-state index is -2.57. The van der Waals surface area contributed by atoms with Gasteiger partial charge in [-0.05, 0) is 0 Å². The van der Waals surface area contributed by atoms with Gasteiger partial charge in [0.1, 0.15) is 0 Å². The van der Waals surface area contributed by atoms with Crippen LogP contribution in [0.15, 0.2) is 0 Å². The summed E-state index contributed by atoms with van der Waals surface area (Å²) in [7, 11) is 0. The summed E-state index contributed by atoms with van der Waals surface area (Å²) in [5, 5.41) is 0. The van der Waals surface area contributed by atoms with Gasteiger partial charge in [0.2, 0.25) is 0 Å². The van der Waals surface area contributed by atoms with Crippen molar-refractivity contribution in [2.45, 2.75) is 227 Å². The van der Waals surface area contributed by atoms with E-state index in [9.17, 15) is 4.79 Å². The fourth-order valence-electron chi connectivity index (χ4n) is 7.45. The normalized spacial score (nSPS) is 12.8. The summed E-state index contributed by atoms with van der Waals surface area (Å²) in [4.78, 5) is 12.9. The van der Waals surface area contributed by atoms with Crippen LogP contribution in [-0.4, -0.2) is 30.6 Å². The second-order valence-corrected chi connectivity index (χ2v) is 20.2. The fourth-order valence-corrected chi connectivity index (χ4v) is 14.0. The van der Waals surface area contributed by atoms with E-state index in [0.717, 1.165) is 0 Å². The van der Waals surface area contributed by atoms with Crippen molar-refractivity contribution in [3.63, 3.8) is 0 Å². The van der Waals surface area contributed by atoms with Gasteiger partial charge in [0.05, 0.1) is 0 Å². The second-order valence-electron chi connectivity index (χ2n) is 14.5.